The van der Waals surface area contributed by atoms with Crippen LogP contribution < -0.4 is 10.6 Å². The predicted octanol–water partition coefficient (Wildman–Crippen LogP) is 2.75. The summed E-state index contributed by atoms with van der Waals surface area (Å²) in [6.07, 6.45) is 4.97. The molecule has 2 aromatic heterocycles. The summed E-state index contributed by atoms with van der Waals surface area (Å²) in [5, 5.41) is 6.69. The number of ether oxygens (including phenoxy) is 1. The van der Waals surface area contributed by atoms with Gasteiger partial charge in [0.15, 0.2) is 5.82 Å². The smallest absolute Gasteiger partial charge is 0.356 e. The highest BCUT2D eigenvalue weighted by atomic mass is 16.5. The van der Waals surface area contributed by atoms with Crippen LogP contribution in [0, 0.1) is 11.8 Å². The first-order valence-corrected chi connectivity index (χ1v) is 9.44. The predicted molar refractivity (Wildman–Crippen MR) is 101 cm³/mol. The van der Waals surface area contributed by atoms with Gasteiger partial charge in [-0.3, -0.25) is 0 Å². The minimum absolute atomic E-state index is 0.226. The van der Waals surface area contributed by atoms with Crippen molar-refractivity contribution in [1.82, 2.24) is 19.9 Å². The molecule has 1 atom stereocenters. The van der Waals surface area contributed by atoms with Gasteiger partial charge in [0.2, 0.25) is 11.9 Å². The van der Waals surface area contributed by atoms with E-state index in [0.717, 1.165) is 6.54 Å². The molecule has 27 heavy (non-hydrogen) atoms. The third-order valence-corrected chi connectivity index (χ3v) is 4.94. The molecule has 0 spiro atoms. The highest BCUT2D eigenvalue weighted by Crippen LogP contribution is 2.34. The maximum absolute atomic E-state index is 11.8. The lowest BCUT2D eigenvalue weighted by atomic mass is 10.2. The summed E-state index contributed by atoms with van der Waals surface area (Å²) < 4.78 is 4.75. The van der Waals surface area contributed by atoms with Crippen LogP contribution in [0.25, 0.3) is 11.5 Å². The van der Waals surface area contributed by atoms with Crippen molar-refractivity contribution in [3.63, 3.8) is 0 Å². The fourth-order valence-electron chi connectivity index (χ4n) is 2.89. The van der Waals surface area contributed by atoms with E-state index in [9.17, 15) is 4.79 Å². The number of carbonyl (C=O) groups excluding carboxylic acids is 1. The van der Waals surface area contributed by atoms with Crippen LogP contribution in [0.3, 0.4) is 0 Å². The Balaban J connectivity index is 1.62. The molecule has 2 heterocycles. The van der Waals surface area contributed by atoms with Gasteiger partial charge in [-0.25, -0.2) is 9.78 Å². The molecule has 2 aromatic rings. The fraction of sp³-hybridized carbons (Fsp3) is 0.526. The van der Waals surface area contributed by atoms with Crippen molar-refractivity contribution in [2.24, 2.45) is 11.8 Å². The van der Waals surface area contributed by atoms with Crippen LogP contribution in [0.5, 0.6) is 0 Å². The summed E-state index contributed by atoms with van der Waals surface area (Å²) in [4.78, 5) is 29.7. The molecule has 8 nitrogen and oxygen atoms in total. The van der Waals surface area contributed by atoms with Gasteiger partial charge in [-0.2, -0.15) is 15.0 Å². The van der Waals surface area contributed by atoms with Crippen LogP contribution in [0.2, 0.25) is 0 Å². The number of nitrogens with zero attached hydrogens (tertiary/aromatic N) is 4. The van der Waals surface area contributed by atoms with Crippen LogP contribution >= 0.6 is 0 Å². The zero-order chi connectivity index (χ0) is 18.8. The van der Waals surface area contributed by atoms with Gasteiger partial charge in [0.05, 0.1) is 7.11 Å². The first-order valence-electron chi connectivity index (χ1n) is 9.44. The van der Waals surface area contributed by atoms with Crippen LogP contribution in [0.4, 0.5) is 11.9 Å². The molecule has 8 heteroatoms. The van der Waals surface area contributed by atoms with Crippen molar-refractivity contribution < 1.29 is 9.53 Å². The van der Waals surface area contributed by atoms with E-state index in [2.05, 4.69) is 37.5 Å². The van der Waals surface area contributed by atoms with Crippen molar-refractivity contribution >= 4 is 17.9 Å². The molecule has 2 N–H and O–H groups in total. The molecule has 0 bridgehead atoms. The average molecular weight is 368 g/mol. The van der Waals surface area contributed by atoms with E-state index in [1.54, 1.807) is 18.2 Å². The second-order valence-electron chi connectivity index (χ2n) is 7.30. The molecule has 2 fully saturated rings. The number of anilines is 2. The van der Waals surface area contributed by atoms with E-state index in [-0.39, 0.29) is 5.69 Å². The maximum atomic E-state index is 11.8. The number of hydrogen-bond acceptors (Lipinski definition) is 8. The van der Waals surface area contributed by atoms with E-state index >= 15 is 0 Å². The number of esters is 1. The Kier molecular flexibility index (Phi) is 4.87. The molecular formula is C19H24N6O2. The van der Waals surface area contributed by atoms with Gasteiger partial charge >= 0.3 is 5.97 Å². The van der Waals surface area contributed by atoms with E-state index < -0.39 is 5.97 Å². The van der Waals surface area contributed by atoms with E-state index in [1.165, 1.54) is 32.8 Å². The molecule has 2 saturated carbocycles. The lowest BCUT2D eigenvalue weighted by Crippen LogP contribution is -2.20. The Morgan fingerprint density at radius 1 is 1.15 bits per heavy atom. The summed E-state index contributed by atoms with van der Waals surface area (Å²) in [6.45, 7) is 3.01. The van der Waals surface area contributed by atoms with E-state index in [1.807, 2.05) is 0 Å². The highest BCUT2D eigenvalue weighted by molar-refractivity contribution is 5.87. The molecule has 0 aliphatic heterocycles. The zero-order valence-electron chi connectivity index (χ0n) is 15.6. The normalized spacial score (nSPS) is 17.3. The molecule has 0 saturated heterocycles. The molecule has 142 valence electrons. The zero-order valence-corrected chi connectivity index (χ0v) is 15.6. The number of methoxy groups -OCH3 is 1. The lowest BCUT2D eigenvalue weighted by molar-refractivity contribution is 0.0594. The van der Waals surface area contributed by atoms with Gasteiger partial charge < -0.3 is 15.4 Å². The molecule has 2 aliphatic rings. The minimum Gasteiger partial charge on any atom is -0.464 e. The van der Waals surface area contributed by atoms with Crippen LogP contribution in [-0.4, -0.2) is 45.6 Å². The Morgan fingerprint density at radius 3 is 2.63 bits per heavy atom. The molecule has 0 aromatic carbocycles. The van der Waals surface area contributed by atoms with Gasteiger partial charge in [0, 0.05) is 12.6 Å². The standard InChI is InChI=1S/C19H24N6O2/c1-11(13-8-9-13)21-19-24-16(23-18(25-19)20-10-12-6-7-12)14-4-3-5-15(22-14)17(26)27-2/h3-5,11-13H,6-10H2,1-2H3,(H2,20,21,23,24,25). The SMILES string of the molecule is COC(=O)c1cccc(-c2nc(NCC3CC3)nc(NC(C)C3CC3)n2)n1. The summed E-state index contributed by atoms with van der Waals surface area (Å²) in [6, 6.07) is 5.44. The van der Waals surface area contributed by atoms with Crippen LogP contribution in [0.15, 0.2) is 18.2 Å². The number of carbonyl (C=O) groups is 1. The second kappa shape index (κ2) is 7.46. The maximum Gasteiger partial charge on any atom is 0.356 e. The van der Waals surface area contributed by atoms with Crippen molar-refractivity contribution in [2.45, 2.75) is 38.6 Å². The summed E-state index contributed by atoms with van der Waals surface area (Å²) >= 11 is 0. The number of aromatic nitrogens is 4. The fourth-order valence-corrected chi connectivity index (χ4v) is 2.89. The number of nitrogens with one attached hydrogen (secondary N) is 2. The summed E-state index contributed by atoms with van der Waals surface area (Å²) in [5.74, 6) is 2.38. The van der Waals surface area contributed by atoms with Crippen molar-refractivity contribution in [2.75, 3.05) is 24.3 Å². The third kappa shape index (κ3) is 4.50. The van der Waals surface area contributed by atoms with Gasteiger partial charge in [0.25, 0.3) is 0 Å². The quantitative estimate of drug-likeness (QED) is 0.686. The topological polar surface area (TPSA) is 102 Å². The molecule has 0 radical (unpaired) electrons. The first kappa shape index (κ1) is 17.6. The number of pyridine rings is 1. The summed E-state index contributed by atoms with van der Waals surface area (Å²) in [7, 11) is 1.33. The first-order chi connectivity index (χ1) is 13.1. The van der Waals surface area contributed by atoms with Gasteiger partial charge in [-0.1, -0.05) is 6.07 Å². The largest absolute Gasteiger partial charge is 0.464 e. The highest BCUT2D eigenvalue weighted by Gasteiger charge is 2.28. The van der Waals surface area contributed by atoms with Crippen LogP contribution in [-0.2, 0) is 4.74 Å². The van der Waals surface area contributed by atoms with Gasteiger partial charge in [-0.15, -0.1) is 0 Å². The summed E-state index contributed by atoms with van der Waals surface area (Å²) in [5.41, 5.74) is 0.737. The van der Waals surface area contributed by atoms with Gasteiger partial charge in [-0.05, 0) is 56.6 Å². The lowest BCUT2D eigenvalue weighted by Gasteiger charge is -2.14. The molecule has 0 amide bonds. The molecule has 2 aliphatic carbocycles. The number of hydrogen-bond donors (Lipinski definition) is 2. The Hall–Kier alpha value is -2.77. The third-order valence-electron chi connectivity index (χ3n) is 4.94. The van der Waals surface area contributed by atoms with Crippen molar-refractivity contribution in [1.29, 1.82) is 0 Å². The van der Waals surface area contributed by atoms with Crippen LogP contribution in [0.1, 0.15) is 43.1 Å². The average Bonchev–Trinajstić information content (AvgIpc) is 3.58. The molecule has 4 rings (SSSR count). The number of rotatable bonds is 8. The van der Waals surface area contributed by atoms with E-state index in [0.29, 0.717) is 41.3 Å². The Morgan fingerprint density at radius 2 is 1.93 bits per heavy atom. The molecule has 1 unspecified atom stereocenters. The second-order valence-corrected chi connectivity index (χ2v) is 7.30. The van der Waals surface area contributed by atoms with Crippen molar-refractivity contribution in [3.05, 3.63) is 23.9 Å². The monoisotopic (exact) mass is 368 g/mol. The molecular weight excluding hydrogens is 344 g/mol. The minimum atomic E-state index is -0.487. The Labute approximate surface area is 158 Å². The van der Waals surface area contributed by atoms with Crippen molar-refractivity contribution in [3.8, 4) is 11.5 Å². The Bertz CT molecular complexity index is 835. The van der Waals surface area contributed by atoms with Gasteiger partial charge in [0.1, 0.15) is 11.4 Å². The van der Waals surface area contributed by atoms with E-state index in [4.69, 9.17) is 4.74 Å².